The van der Waals surface area contributed by atoms with Crippen LogP contribution in [0.1, 0.15) is 19.3 Å². The molecule has 1 aliphatic heterocycles. The second kappa shape index (κ2) is 6.22. The van der Waals surface area contributed by atoms with Gasteiger partial charge in [-0.3, -0.25) is 0 Å². The number of hydrogen-bond acceptors (Lipinski definition) is 3. The van der Waals surface area contributed by atoms with Crippen LogP contribution in [0, 0.1) is 0 Å². The summed E-state index contributed by atoms with van der Waals surface area (Å²) >= 11 is 0. The summed E-state index contributed by atoms with van der Waals surface area (Å²) in [6, 6.07) is 8.49. The molecule has 0 bridgehead atoms. The Balaban J connectivity index is 2.05. The van der Waals surface area contributed by atoms with Gasteiger partial charge in [0.05, 0.1) is 7.11 Å². The summed E-state index contributed by atoms with van der Waals surface area (Å²) in [5.41, 5.74) is 0.724. The Morgan fingerprint density at radius 2 is 2.00 bits per heavy atom. The Labute approximate surface area is 112 Å². The molecule has 1 unspecified atom stereocenters. The Morgan fingerprint density at radius 3 is 2.68 bits per heavy atom. The molecule has 1 N–H and O–H groups in total. The van der Waals surface area contributed by atoms with E-state index in [0.29, 0.717) is 13.0 Å². The van der Waals surface area contributed by atoms with E-state index in [0.717, 1.165) is 18.5 Å². The molecule has 2 amide bonds. The van der Waals surface area contributed by atoms with E-state index >= 15 is 0 Å². The topological polar surface area (TPSA) is 58.6 Å². The number of anilines is 1. The fourth-order valence-corrected chi connectivity index (χ4v) is 2.27. The minimum Gasteiger partial charge on any atom is -0.467 e. The minimum atomic E-state index is -0.470. The molecule has 0 spiro atoms. The zero-order valence-corrected chi connectivity index (χ0v) is 11.0. The van der Waals surface area contributed by atoms with Crippen LogP contribution in [0.2, 0.25) is 0 Å². The number of ether oxygens (including phenoxy) is 1. The minimum absolute atomic E-state index is 0.249. The average molecular weight is 262 g/mol. The summed E-state index contributed by atoms with van der Waals surface area (Å²) in [7, 11) is 1.35. The normalized spacial score (nSPS) is 18.8. The first-order valence-electron chi connectivity index (χ1n) is 6.43. The highest BCUT2D eigenvalue weighted by Gasteiger charge is 2.32. The lowest BCUT2D eigenvalue weighted by atomic mass is 10.0. The number of carbonyl (C=O) groups is 2. The van der Waals surface area contributed by atoms with Crippen LogP contribution in [0.4, 0.5) is 10.5 Å². The molecule has 19 heavy (non-hydrogen) atoms. The number of benzene rings is 1. The van der Waals surface area contributed by atoms with Gasteiger partial charge in [0.1, 0.15) is 6.04 Å². The number of carbonyl (C=O) groups excluding carboxylic acids is 2. The highest BCUT2D eigenvalue weighted by atomic mass is 16.5. The van der Waals surface area contributed by atoms with Crippen LogP contribution in [-0.2, 0) is 9.53 Å². The van der Waals surface area contributed by atoms with Gasteiger partial charge in [0.2, 0.25) is 0 Å². The third kappa shape index (κ3) is 3.24. The van der Waals surface area contributed by atoms with E-state index in [2.05, 4.69) is 5.32 Å². The second-order valence-electron chi connectivity index (χ2n) is 4.52. The lowest BCUT2D eigenvalue weighted by molar-refractivity contribution is -0.146. The maximum absolute atomic E-state index is 12.2. The molecule has 1 aromatic carbocycles. The van der Waals surface area contributed by atoms with Crippen LogP contribution in [0.25, 0.3) is 0 Å². The molecule has 0 radical (unpaired) electrons. The predicted octanol–water partition coefficient (Wildman–Crippen LogP) is 2.25. The predicted molar refractivity (Wildman–Crippen MR) is 71.8 cm³/mol. The number of amides is 2. The van der Waals surface area contributed by atoms with E-state index in [9.17, 15) is 9.59 Å². The molecule has 1 aromatic rings. The Hall–Kier alpha value is -2.04. The van der Waals surface area contributed by atoms with Crippen LogP contribution in [0.3, 0.4) is 0 Å². The van der Waals surface area contributed by atoms with Crippen molar-refractivity contribution in [2.24, 2.45) is 0 Å². The van der Waals surface area contributed by atoms with Crippen molar-refractivity contribution in [1.29, 1.82) is 0 Å². The van der Waals surface area contributed by atoms with Gasteiger partial charge in [-0.2, -0.15) is 0 Å². The third-order valence-electron chi connectivity index (χ3n) is 3.26. The first-order valence-corrected chi connectivity index (χ1v) is 6.43. The van der Waals surface area contributed by atoms with Gasteiger partial charge in [0.25, 0.3) is 0 Å². The van der Waals surface area contributed by atoms with E-state index in [1.165, 1.54) is 7.11 Å². The third-order valence-corrected chi connectivity index (χ3v) is 3.26. The highest BCUT2D eigenvalue weighted by molar-refractivity contribution is 5.92. The first-order chi connectivity index (χ1) is 9.22. The number of nitrogens with zero attached hydrogens (tertiary/aromatic N) is 1. The van der Waals surface area contributed by atoms with Crippen molar-refractivity contribution in [1.82, 2.24) is 4.90 Å². The van der Waals surface area contributed by atoms with Crippen molar-refractivity contribution in [3.63, 3.8) is 0 Å². The number of nitrogens with one attached hydrogen (secondary N) is 1. The van der Waals surface area contributed by atoms with E-state index in [1.807, 2.05) is 30.3 Å². The van der Waals surface area contributed by atoms with Crippen molar-refractivity contribution in [3.8, 4) is 0 Å². The van der Waals surface area contributed by atoms with Gasteiger partial charge < -0.3 is 15.0 Å². The van der Waals surface area contributed by atoms with Crippen molar-refractivity contribution >= 4 is 17.7 Å². The van der Waals surface area contributed by atoms with Crippen molar-refractivity contribution in [2.75, 3.05) is 19.0 Å². The van der Waals surface area contributed by atoms with Gasteiger partial charge in [0, 0.05) is 12.2 Å². The number of likely N-dealkylation sites (tertiary alicyclic amines) is 1. The van der Waals surface area contributed by atoms with E-state index in [4.69, 9.17) is 4.74 Å². The molecule has 5 nitrogen and oxygen atoms in total. The standard InChI is InChI=1S/C14H18N2O3/c1-19-13(17)12-9-5-6-10-16(12)14(18)15-11-7-3-2-4-8-11/h2-4,7-8,12H,5-6,9-10H2,1H3,(H,15,18). The summed E-state index contributed by atoms with van der Waals surface area (Å²) in [6.07, 6.45) is 2.51. The van der Waals surface area contributed by atoms with Gasteiger partial charge >= 0.3 is 12.0 Å². The maximum atomic E-state index is 12.2. The number of methoxy groups -OCH3 is 1. The average Bonchev–Trinajstić information content (AvgIpc) is 2.47. The molecule has 5 heteroatoms. The summed E-state index contributed by atoms with van der Waals surface area (Å²) in [5, 5.41) is 2.80. The molecule has 0 saturated carbocycles. The van der Waals surface area contributed by atoms with Crippen LogP contribution in [0.5, 0.6) is 0 Å². The molecular weight excluding hydrogens is 244 g/mol. The highest BCUT2D eigenvalue weighted by Crippen LogP contribution is 2.19. The summed E-state index contributed by atoms with van der Waals surface area (Å²) in [4.78, 5) is 25.5. The lowest BCUT2D eigenvalue weighted by Crippen LogP contribution is -2.50. The molecular formula is C14H18N2O3. The molecule has 1 atom stereocenters. The zero-order chi connectivity index (χ0) is 13.7. The van der Waals surface area contributed by atoms with Crippen LogP contribution >= 0.6 is 0 Å². The zero-order valence-electron chi connectivity index (χ0n) is 11.0. The van der Waals surface area contributed by atoms with Crippen LogP contribution in [-0.4, -0.2) is 36.6 Å². The molecule has 0 aliphatic carbocycles. The molecule has 2 rings (SSSR count). The van der Waals surface area contributed by atoms with Crippen LogP contribution < -0.4 is 5.32 Å². The van der Waals surface area contributed by atoms with E-state index in [1.54, 1.807) is 4.90 Å². The maximum Gasteiger partial charge on any atom is 0.328 e. The van der Waals surface area contributed by atoms with E-state index < -0.39 is 6.04 Å². The van der Waals surface area contributed by atoms with Gasteiger partial charge in [-0.25, -0.2) is 9.59 Å². The fraction of sp³-hybridized carbons (Fsp3) is 0.429. The van der Waals surface area contributed by atoms with Gasteiger partial charge in [0.15, 0.2) is 0 Å². The van der Waals surface area contributed by atoms with Crippen molar-refractivity contribution in [2.45, 2.75) is 25.3 Å². The number of piperidine rings is 1. The molecule has 1 fully saturated rings. The molecule has 1 heterocycles. The van der Waals surface area contributed by atoms with Crippen molar-refractivity contribution < 1.29 is 14.3 Å². The Bertz CT molecular complexity index is 447. The first kappa shape index (κ1) is 13.4. The van der Waals surface area contributed by atoms with Crippen molar-refractivity contribution in [3.05, 3.63) is 30.3 Å². The quantitative estimate of drug-likeness (QED) is 0.832. The molecule has 1 aliphatic rings. The number of urea groups is 1. The van der Waals surface area contributed by atoms with Crippen LogP contribution in [0.15, 0.2) is 30.3 Å². The number of para-hydroxylation sites is 1. The number of hydrogen-bond donors (Lipinski definition) is 1. The Morgan fingerprint density at radius 1 is 1.26 bits per heavy atom. The fourth-order valence-electron chi connectivity index (χ4n) is 2.27. The monoisotopic (exact) mass is 262 g/mol. The second-order valence-corrected chi connectivity index (χ2v) is 4.52. The van der Waals surface area contributed by atoms with Gasteiger partial charge in [-0.05, 0) is 31.4 Å². The Kier molecular flexibility index (Phi) is 4.39. The molecule has 102 valence electrons. The summed E-state index contributed by atoms with van der Waals surface area (Å²) < 4.78 is 4.76. The van der Waals surface area contributed by atoms with Gasteiger partial charge in [-0.1, -0.05) is 18.2 Å². The summed E-state index contributed by atoms with van der Waals surface area (Å²) in [6.45, 7) is 0.582. The number of rotatable bonds is 2. The number of esters is 1. The van der Waals surface area contributed by atoms with E-state index in [-0.39, 0.29) is 12.0 Å². The molecule has 1 saturated heterocycles. The SMILES string of the molecule is COC(=O)C1CCCCN1C(=O)Nc1ccccc1. The summed E-state index contributed by atoms with van der Waals surface area (Å²) in [5.74, 6) is -0.345. The van der Waals surface area contributed by atoms with Gasteiger partial charge in [-0.15, -0.1) is 0 Å². The largest absolute Gasteiger partial charge is 0.467 e. The smallest absolute Gasteiger partial charge is 0.328 e. The molecule has 0 aromatic heterocycles. The lowest BCUT2D eigenvalue weighted by Gasteiger charge is -2.33.